The highest BCUT2D eigenvalue weighted by Crippen LogP contribution is 2.22. The Morgan fingerprint density at radius 1 is 0.676 bits per heavy atom. The van der Waals surface area contributed by atoms with Crippen LogP contribution >= 0.6 is 0 Å². The Morgan fingerprint density at radius 2 is 1.22 bits per heavy atom. The lowest BCUT2D eigenvalue weighted by molar-refractivity contribution is 0.574. The number of hydrogen-bond acceptors (Lipinski definition) is 4. The van der Waals surface area contributed by atoms with E-state index in [9.17, 15) is 9.59 Å². The lowest BCUT2D eigenvalue weighted by atomic mass is 10.0. The van der Waals surface area contributed by atoms with E-state index in [1.54, 1.807) is 24.7 Å². The van der Waals surface area contributed by atoms with Crippen LogP contribution in [0, 0.1) is 13.8 Å². The van der Waals surface area contributed by atoms with Crippen molar-refractivity contribution in [3.8, 4) is 33.7 Å². The molecule has 0 bridgehead atoms. The highest BCUT2D eigenvalue weighted by Gasteiger charge is 2.08. The predicted octanol–water partition coefficient (Wildman–Crippen LogP) is 7.41. The molecule has 0 spiro atoms. The van der Waals surface area contributed by atoms with Crippen molar-refractivity contribution in [2.45, 2.75) is 41.5 Å². The smallest absolute Gasteiger partial charge is 0.255 e. The number of nitrogens with zero attached hydrogens (tertiary/aromatic N) is 1. The number of H-pyrrole nitrogens is 2. The normalized spacial score (nSPS) is 9.57. The van der Waals surface area contributed by atoms with Crippen LogP contribution < -0.4 is 11.1 Å². The first kappa shape index (κ1) is 28.8. The number of pyridine rings is 2. The van der Waals surface area contributed by atoms with Gasteiger partial charge in [0.1, 0.15) is 6.26 Å². The number of hydrogen-bond donors (Lipinski definition) is 2. The van der Waals surface area contributed by atoms with Crippen molar-refractivity contribution in [1.82, 2.24) is 15.0 Å². The van der Waals surface area contributed by atoms with Gasteiger partial charge in [-0.2, -0.15) is 0 Å². The van der Waals surface area contributed by atoms with Crippen LogP contribution in [0.5, 0.6) is 0 Å². The van der Waals surface area contributed by atoms with Gasteiger partial charge in [0, 0.05) is 23.5 Å². The van der Waals surface area contributed by atoms with Crippen LogP contribution in [0.4, 0.5) is 0 Å². The Balaban J connectivity index is 0.000000238. The van der Waals surface area contributed by atoms with Gasteiger partial charge in [-0.1, -0.05) is 87.4 Å². The summed E-state index contributed by atoms with van der Waals surface area (Å²) in [7, 11) is 0. The molecule has 0 aliphatic heterocycles. The number of oxazole rings is 1. The summed E-state index contributed by atoms with van der Waals surface area (Å²) >= 11 is 0. The van der Waals surface area contributed by atoms with Crippen LogP contribution in [0.2, 0.25) is 0 Å². The van der Waals surface area contributed by atoms with E-state index in [2.05, 4.69) is 15.0 Å². The molecule has 6 heteroatoms. The Kier molecular flexibility index (Phi) is 11.5. The van der Waals surface area contributed by atoms with Gasteiger partial charge in [-0.15, -0.1) is 0 Å². The summed E-state index contributed by atoms with van der Waals surface area (Å²) < 4.78 is 5.24. The SMILES string of the molecule is CC.CC.Cc1ccc(-c2cc(-c3ncco3)c[nH]c2=O)cc1.Cc1ccc(-c2ccc[nH]c2=O)cc1. The predicted molar refractivity (Wildman–Crippen MR) is 153 cm³/mol. The highest BCUT2D eigenvalue weighted by molar-refractivity contribution is 5.68. The molecular weight excluding hydrogens is 462 g/mol. The van der Waals surface area contributed by atoms with Crippen LogP contribution in [-0.4, -0.2) is 15.0 Å². The van der Waals surface area contributed by atoms with E-state index < -0.39 is 0 Å². The van der Waals surface area contributed by atoms with E-state index >= 15 is 0 Å². The number of nitrogens with one attached hydrogen (secondary N) is 2. The van der Waals surface area contributed by atoms with Crippen molar-refractivity contribution in [2.75, 3.05) is 0 Å². The maximum Gasteiger partial charge on any atom is 0.255 e. The van der Waals surface area contributed by atoms with Crippen molar-refractivity contribution in [3.63, 3.8) is 0 Å². The first-order chi connectivity index (χ1) is 18.0. The molecule has 0 aliphatic rings. The van der Waals surface area contributed by atoms with E-state index in [-0.39, 0.29) is 11.1 Å². The summed E-state index contributed by atoms with van der Waals surface area (Å²) in [6.07, 6.45) is 6.32. The minimum Gasteiger partial charge on any atom is -0.444 e. The molecule has 0 saturated carbocycles. The number of aromatic nitrogens is 3. The fourth-order valence-corrected chi connectivity index (χ4v) is 3.30. The standard InChI is InChI=1S/C15H12N2O2.C12H11NO.2C2H6/c1-10-2-4-11(5-3-10)13-8-12(9-17-14(13)18)15-16-6-7-19-15;1-9-4-6-10(7-5-9)11-3-2-8-13-12(11)14;2*1-2/h2-9H,1H3,(H,17,18);2-8H,1H3,(H,13,14);2*1-2H3. The molecular formula is C31H35N3O3. The monoisotopic (exact) mass is 497 g/mol. The zero-order valence-corrected chi connectivity index (χ0v) is 22.3. The molecule has 2 aromatic carbocycles. The second-order valence-electron chi connectivity index (χ2n) is 7.61. The molecule has 0 amide bonds. The molecule has 192 valence electrons. The molecule has 0 unspecified atom stereocenters. The van der Waals surface area contributed by atoms with Crippen molar-refractivity contribution >= 4 is 0 Å². The summed E-state index contributed by atoms with van der Waals surface area (Å²) in [6.45, 7) is 12.0. The van der Waals surface area contributed by atoms with Crippen LogP contribution in [0.3, 0.4) is 0 Å². The molecule has 6 nitrogen and oxygen atoms in total. The largest absolute Gasteiger partial charge is 0.444 e. The van der Waals surface area contributed by atoms with Gasteiger partial charge < -0.3 is 14.4 Å². The fourth-order valence-electron chi connectivity index (χ4n) is 3.30. The number of aromatic amines is 2. The van der Waals surface area contributed by atoms with E-state index in [0.29, 0.717) is 17.0 Å². The number of aryl methyl sites for hydroxylation is 2. The fraction of sp³-hybridized carbons (Fsp3) is 0.194. The Morgan fingerprint density at radius 3 is 1.73 bits per heavy atom. The van der Waals surface area contributed by atoms with E-state index in [4.69, 9.17) is 4.42 Å². The average Bonchev–Trinajstić information content (AvgIpc) is 3.48. The summed E-state index contributed by atoms with van der Waals surface area (Å²) in [5.41, 5.74) is 6.08. The van der Waals surface area contributed by atoms with Crippen LogP contribution in [0.1, 0.15) is 38.8 Å². The molecule has 0 radical (unpaired) electrons. The van der Waals surface area contributed by atoms with Gasteiger partial charge in [0.25, 0.3) is 11.1 Å². The second-order valence-corrected chi connectivity index (χ2v) is 7.61. The third-order valence-corrected chi connectivity index (χ3v) is 5.13. The lowest BCUT2D eigenvalue weighted by Gasteiger charge is -2.03. The first-order valence-electron chi connectivity index (χ1n) is 12.5. The van der Waals surface area contributed by atoms with Gasteiger partial charge >= 0.3 is 0 Å². The zero-order chi connectivity index (χ0) is 27.2. The summed E-state index contributed by atoms with van der Waals surface area (Å²) in [6, 6.07) is 21.2. The van der Waals surface area contributed by atoms with Crippen LogP contribution in [0.25, 0.3) is 33.7 Å². The molecule has 0 atom stereocenters. The third kappa shape index (κ3) is 8.04. The Hall–Kier alpha value is -4.45. The first-order valence-corrected chi connectivity index (χ1v) is 12.5. The summed E-state index contributed by atoms with van der Waals surface area (Å²) in [4.78, 5) is 32.8. The maximum absolute atomic E-state index is 11.9. The van der Waals surface area contributed by atoms with Gasteiger partial charge in [0.15, 0.2) is 0 Å². The van der Waals surface area contributed by atoms with Crippen LogP contribution in [-0.2, 0) is 0 Å². The summed E-state index contributed by atoms with van der Waals surface area (Å²) in [5.74, 6) is 0.490. The molecule has 5 aromatic rings. The van der Waals surface area contributed by atoms with Gasteiger partial charge in [0.05, 0.1) is 11.8 Å². The molecule has 37 heavy (non-hydrogen) atoms. The lowest BCUT2D eigenvalue weighted by Crippen LogP contribution is -2.08. The Labute approximate surface area is 218 Å². The van der Waals surface area contributed by atoms with Gasteiger partial charge in [-0.05, 0) is 43.2 Å². The van der Waals surface area contributed by atoms with E-state index in [1.807, 2.05) is 102 Å². The molecule has 0 aliphatic carbocycles. The van der Waals surface area contributed by atoms with Gasteiger partial charge in [-0.3, -0.25) is 9.59 Å². The average molecular weight is 498 g/mol. The van der Waals surface area contributed by atoms with E-state index in [1.165, 1.54) is 11.8 Å². The van der Waals surface area contributed by atoms with Gasteiger partial charge in [-0.25, -0.2) is 4.98 Å². The minimum absolute atomic E-state index is 0.0450. The van der Waals surface area contributed by atoms with Crippen molar-refractivity contribution in [3.05, 3.63) is 123 Å². The van der Waals surface area contributed by atoms with Crippen molar-refractivity contribution in [2.24, 2.45) is 0 Å². The van der Waals surface area contributed by atoms with E-state index in [0.717, 1.165) is 22.3 Å². The van der Waals surface area contributed by atoms with Crippen LogP contribution in [0.15, 0.2) is 106 Å². The number of rotatable bonds is 3. The molecule has 0 saturated heterocycles. The second kappa shape index (κ2) is 14.8. The molecule has 3 aromatic heterocycles. The minimum atomic E-state index is -0.126. The molecule has 0 fully saturated rings. The molecule has 2 N–H and O–H groups in total. The summed E-state index contributed by atoms with van der Waals surface area (Å²) in [5, 5.41) is 0. The van der Waals surface area contributed by atoms with Crippen molar-refractivity contribution < 1.29 is 4.42 Å². The molecule has 3 heterocycles. The number of benzene rings is 2. The molecule has 5 rings (SSSR count). The maximum atomic E-state index is 11.9. The van der Waals surface area contributed by atoms with Gasteiger partial charge in [0.2, 0.25) is 5.89 Å². The third-order valence-electron chi connectivity index (χ3n) is 5.13. The highest BCUT2D eigenvalue weighted by atomic mass is 16.3. The quantitative estimate of drug-likeness (QED) is 0.271. The van der Waals surface area contributed by atoms with Crippen molar-refractivity contribution in [1.29, 1.82) is 0 Å². The Bertz CT molecular complexity index is 1450. The zero-order valence-electron chi connectivity index (χ0n) is 22.3. The topological polar surface area (TPSA) is 91.8 Å².